The quantitative estimate of drug-likeness (QED) is 0.941. The molecule has 102 valence electrons. The van der Waals surface area contributed by atoms with Gasteiger partial charge in [-0.25, -0.2) is 13.4 Å². The minimum Gasteiger partial charge on any atom is -0.267 e. The van der Waals surface area contributed by atoms with Crippen LogP contribution in [0.3, 0.4) is 0 Å². The van der Waals surface area contributed by atoms with E-state index < -0.39 is 10.0 Å². The van der Waals surface area contributed by atoms with Crippen LogP contribution in [0.15, 0.2) is 42.6 Å². The summed E-state index contributed by atoms with van der Waals surface area (Å²) >= 11 is 5.68. The Morgan fingerprint density at radius 3 is 2.45 bits per heavy atom. The number of nitriles is 1. The highest BCUT2D eigenvalue weighted by Crippen LogP contribution is 2.13. The van der Waals surface area contributed by atoms with E-state index in [9.17, 15) is 8.42 Å². The molecule has 0 aliphatic carbocycles. The first-order valence-electron chi connectivity index (χ1n) is 5.59. The van der Waals surface area contributed by atoms with E-state index in [1.165, 1.54) is 12.3 Å². The fourth-order valence-electron chi connectivity index (χ4n) is 1.53. The van der Waals surface area contributed by atoms with Crippen molar-refractivity contribution in [3.8, 4) is 6.07 Å². The van der Waals surface area contributed by atoms with Crippen LogP contribution in [-0.2, 0) is 15.8 Å². The average Bonchev–Trinajstić information content (AvgIpc) is 2.41. The van der Waals surface area contributed by atoms with Crippen LogP contribution in [0.5, 0.6) is 0 Å². The fraction of sp³-hybridized carbons (Fsp3) is 0.0769. The van der Waals surface area contributed by atoms with E-state index in [-0.39, 0.29) is 11.6 Å². The van der Waals surface area contributed by atoms with Gasteiger partial charge < -0.3 is 0 Å². The zero-order chi connectivity index (χ0) is 14.6. The molecular formula is C13H10ClN3O2S. The Bertz CT molecular complexity index is 735. The molecule has 2 aromatic rings. The Balaban J connectivity index is 2.10. The molecule has 0 aliphatic rings. The van der Waals surface area contributed by atoms with Crippen molar-refractivity contribution in [2.45, 2.75) is 5.75 Å². The lowest BCUT2D eigenvalue weighted by Crippen LogP contribution is -2.15. The van der Waals surface area contributed by atoms with Crippen LogP contribution in [0.4, 0.5) is 5.82 Å². The molecule has 0 unspecified atom stereocenters. The summed E-state index contributed by atoms with van der Waals surface area (Å²) in [5.41, 5.74) is 1.07. The van der Waals surface area contributed by atoms with Gasteiger partial charge in [0.05, 0.1) is 22.4 Å². The summed E-state index contributed by atoms with van der Waals surface area (Å²) in [7, 11) is -3.56. The second-order valence-corrected chi connectivity index (χ2v) is 6.19. The second-order valence-electron chi connectivity index (χ2n) is 4.03. The molecule has 0 atom stereocenters. The lowest BCUT2D eigenvalue weighted by atomic mass is 10.2. The highest BCUT2D eigenvalue weighted by Gasteiger charge is 2.12. The highest BCUT2D eigenvalue weighted by molar-refractivity contribution is 7.91. The van der Waals surface area contributed by atoms with Crippen LogP contribution < -0.4 is 4.72 Å². The van der Waals surface area contributed by atoms with E-state index in [1.54, 1.807) is 30.3 Å². The first-order valence-corrected chi connectivity index (χ1v) is 7.63. The zero-order valence-corrected chi connectivity index (χ0v) is 11.8. The number of anilines is 1. The van der Waals surface area contributed by atoms with Crippen molar-refractivity contribution in [1.82, 2.24) is 4.98 Å². The Morgan fingerprint density at radius 1 is 1.20 bits per heavy atom. The third-order valence-corrected chi connectivity index (χ3v) is 3.88. The summed E-state index contributed by atoms with van der Waals surface area (Å²) < 4.78 is 26.3. The number of aromatic nitrogens is 1. The van der Waals surface area contributed by atoms with Crippen molar-refractivity contribution in [3.05, 3.63) is 58.7 Å². The maximum atomic E-state index is 12.0. The normalized spacial score (nSPS) is 10.8. The van der Waals surface area contributed by atoms with Crippen molar-refractivity contribution in [3.63, 3.8) is 0 Å². The van der Waals surface area contributed by atoms with Gasteiger partial charge >= 0.3 is 0 Å². The van der Waals surface area contributed by atoms with E-state index >= 15 is 0 Å². The van der Waals surface area contributed by atoms with Crippen molar-refractivity contribution >= 4 is 27.4 Å². The molecule has 1 heterocycles. The van der Waals surface area contributed by atoms with Crippen molar-refractivity contribution < 1.29 is 8.42 Å². The summed E-state index contributed by atoms with van der Waals surface area (Å²) in [6, 6.07) is 11.4. The Labute approximate surface area is 121 Å². The third-order valence-electron chi connectivity index (χ3n) is 2.43. The van der Waals surface area contributed by atoms with Crippen molar-refractivity contribution in [1.29, 1.82) is 5.26 Å². The van der Waals surface area contributed by atoms with Gasteiger partial charge in [0.15, 0.2) is 0 Å². The van der Waals surface area contributed by atoms with Crippen LogP contribution >= 0.6 is 11.6 Å². The SMILES string of the molecule is N#Cc1ccc(CS(=O)(=O)Nc2ccc(Cl)cn2)cc1. The van der Waals surface area contributed by atoms with Crippen molar-refractivity contribution in [2.75, 3.05) is 4.72 Å². The summed E-state index contributed by atoms with van der Waals surface area (Å²) in [5.74, 6) is 0.0197. The molecule has 0 radical (unpaired) electrons. The molecule has 20 heavy (non-hydrogen) atoms. The van der Waals surface area contributed by atoms with Gasteiger partial charge in [0.2, 0.25) is 10.0 Å². The summed E-state index contributed by atoms with van der Waals surface area (Å²) in [6.07, 6.45) is 1.36. The first kappa shape index (κ1) is 14.3. The van der Waals surface area contributed by atoms with Gasteiger partial charge in [0, 0.05) is 6.20 Å². The number of halogens is 1. The molecule has 0 saturated carbocycles. The van der Waals surface area contributed by atoms with Crippen LogP contribution in [0.25, 0.3) is 0 Å². The summed E-state index contributed by atoms with van der Waals surface area (Å²) in [6.45, 7) is 0. The predicted molar refractivity (Wildman–Crippen MR) is 76.7 cm³/mol. The van der Waals surface area contributed by atoms with E-state index in [0.717, 1.165) is 0 Å². The van der Waals surface area contributed by atoms with Crippen LogP contribution in [0.2, 0.25) is 5.02 Å². The minimum atomic E-state index is -3.56. The van der Waals surface area contributed by atoms with Crippen LogP contribution in [-0.4, -0.2) is 13.4 Å². The number of nitrogens with zero attached hydrogens (tertiary/aromatic N) is 2. The minimum absolute atomic E-state index is 0.191. The summed E-state index contributed by atoms with van der Waals surface area (Å²) in [5, 5.41) is 9.11. The number of nitrogens with one attached hydrogen (secondary N) is 1. The zero-order valence-electron chi connectivity index (χ0n) is 10.2. The van der Waals surface area contributed by atoms with Gasteiger partial charge in [0.25, 0.3) is 0 Å². The Morgan fingerprint density at radius 2 is 1.90 bits per heavy atom. The van der Waals surface area contributed by atoms with Crippen LogP contribution in [0, 0.1) is 11.3 Å². The molecule has 0 bridgehead atoms. The van der Waals surface area contributed by atoms with Gasteiger partial charge in [0.1, 0.15) is 5.82 Å². The molecule has 5 nitrogen and oxygen atoms in total. The number of pyridine rings is 1. The van der Waals surface area contributed by atoms with Crippen molar-refractivity contribution in [2.24, 2.45) is 0 Å². The van der Waals surface area contributed by atoms with Gasteiger partial charge in [-0.2, -0.15) is 5.26 Å². The third kappa shape index (κ3) is 3.95. The lowest BCUT2D eigenvalue weighted by molar-refractivity contribution is 0.600. The van der Waals surface area contributed by atoms with E-state index in [1.807, 2.05) is 6.07 Å². The number of hydrogen-bond acceptors (Lipinski definition) is 4. The molecule has 7 heteroatoms. The smallest absolute Gasteiger partial charge is 0.238 e. The lowest BCUT2D eigenvalue weighted by Gasteiger charge is -2.07. The number of benzene rings is 1. The molecule has 0 aliphatic heterocycles. The molecule has 2 rings (SSSR count). The van der Waals surface area contributed by atoms with Crippen LogP contribution in [0.1, 0.15) is 11.1 Å². The van der Waals surface area contributed by atoms with E-state index in [0.29, 0.717) is 16.1 Å². The Hall–Kier alpha value is -2.10. The largest absolute Gasteiger partial charge is 0.267 e. The average molecular weight is 308 g/mol. The van der Waals surface area contributed by atoms with Gasteiger partial charge in [-0.05, 0) is 29.8 Å². The molecule has 1 aromatic heterocycles. The molecular weight excluding hydrogens is 298 g/mol. The van der Waals surface area contributed by atoms with E-state index in [4.69, 9.17) is 16.9 Å². The molecule has 1 aromatic carbocycles. The van der Waals surface area contributed by atoms with E-state index in [2.05, 4.69) is 9.71 Å². The predicted octanol–water partition coefficient (Wildman–Crippen LogP) is 2.55. The molecule has 0 spiro atoms. The molecule has 0 fully saturated rings. The summed E-state index contributed by atoms with van der Waals surface area (Å²) in [4.78, 5) is 3.87. The fourth-order valence-corrected chi connectivity index (χ4v) is 2.78. The number of rotatable bonds is 4. The standard InChI is InChI=1S/C13H10ClN3O2S/c14-12-5-6-13(16-8-12)17-20(18,19)9-11-3-1-10(7-15)2-4-11/h1-6,8H,9H2,(H,16,17). The number of hydrogen-bond donors (Lipinski definition) is 1. The first-order chi connectivity index (χ1) is 9.48. The van der Waals surface area contributed by atoms with Gasteiger partial charge in [-0.3, -0.25) is 4.72 Å². The Kier molecular flexibility index (Phi) is 4.23. The molecule has 0 saturated heterocycles. The topological polar surface area (TPSA) is 82.8 Å². The maximum absolute atomic E-state index is 12.0. The molecule has 0 amide bonds. The maximum Gasteiger partial charge on any atom is 0.238 e. The molecule has 1 N–H and O–H groups in total. The monoisotopic (exact) mass is 307 g/mol. The van der Waals surface area contributed by atoms with Gasteiger partial charge in [-0.1, -0.05) is 23.7 Å². The second kappa shape index (κ2) is 5.90. The highest BCUT2D eigenvalue weighted by atomic mass is 35.5. The van der Waals surface area contributed by atoms with Gasteiger partial charge in [-0.15, -0.1) is 0 Å². The number of sulfonamides is 1.